The number of amides is 1. The molecule has 3 aromatic rings. The van der Waals surface area contributed by atoms with E-state index in [1.807, 2.05) is 54.6 Å². The van der Waals surface area contributed by atoms with Gasteiger partial charge in [0.05, 0.1) is 32.5 Å². The van der Waals surface area contributed by atoms with Crippen molar-refractivity contribution in [3.8, 4) is 0 Å². The van der Waals surface area contributed by atoms with E-state index in [4.69, 9.17) is 23.7 Å². The summed E-state index contributed by atoms with van der Waals surface area (Å²) in [6.45, 7) is 15.8. The molecule has 344 valence electrons. The molecule has 7 nitrogen and oxygen atoms in total. The fourth-order valence-corrected chi connectivity index (χ4v) is 13.9. The quantitative estimate of drug-likeness (QED) is 0.128. The Hall–Kier alpha value is -3.07. The molecule has 3 aromatic carbocycles. The van der Waals surface area contributed by atoms with E-state index < -0.39 is 30.6 Å². The molecule has 2 unspecified atom stereocenters. The highest BCUT2D eigenvalue weighted by Crippen LogP contribution is 2.68. The summed E-state index contributed by atoms with van der Waals surface area (Å²) in [5.41, 5.74) is 4.04. The first-order valence-electron chi connectivity index (χ1n) is 25.0. The van der Waals surface area contributed by atoms with Crippen LogP contribution >= 0.6 is 0 Å². The molecule has 7 heteroatoms. The van der Waals surface area contributed by atoms with Crippen LogP contribution in [-0.2, 0) is 48.3 Å². The predicted octanol–water partition coefficient (Wildman–Crippen LogP) is 12.1. The first-order chi connectivity index (χ1) is 30.5. The standard InChI is InChI=1S/C56H79NO6/c1-38(2)17-16-18-39(3)47-27-28-48-46-26-25-44-33-45(29-31-55(44,5)49(46)30-32-56(47,48)6)62-54-51(57-40(4)58)53(61-36-43-23-14-9-15-24-43)52(60-35-42-21-12-8-13-22-42)50(63-54)37-59-34-41-19-10-7-11-20-41/h7-15,19-24,38-39,44-54H,16-18,25-37H2,1-6H3,(H,57,58)/t39-,44?,45+,46+,47-,48+,49+,50-,51-,52-,53-,54?,55+,56-/m1/s1. The van der Waals surface area contributed by atoms with Gasteiger partial charge in [-0.2, -0.15) is 0 Å². The number of benzene rings is 3. The van der Waals surface area contributed by atoms with Crippen LogP contribution in [0.15, 0.2) is 91.0 Å². The fourth-order valence-electron chi connectivity index (χ4n) is 13.9. The third kappa shape index (κ3) is 10.8. The molecule has 0 spiro atoms. The van der Waals surface area contributed by atoms with E-state index in [9.17, 15) is 4.79 Å². The van der Waals surface area contributed by atoms with Crippen LogP contribution in [0.2, 0.25) is 0 Å². The van der Waals surface area contributed by atoms with Crippen LogP contribution in [0.5, 0.6) is 0 Å². The van der Waals surface area contributed by atoms with E-state index in [1.165, 1.54) is 64.2 Å². The van der Waals surface area contributed by atoms with Crippen molar-refractivity contribution in [3.63, 3.8) is 0 Å². The second-order valence-corrected chi connectivity index (χ2v) is 21.5. The fraction of sp³-hybridized carbons (Fsp3) is 0.661. The van der Waals surface area contributed by atoms with Gasteiger partial charge in [-0.1, -0.05) is 145 Å². The topological polar surface area (TPSA) is 75.3 Å². The first-order valence-corrected chi connectivity index (χ1v) is 25.0. The number of nitrogens with one attached hydrogen (secondary N) is 1. The van der Waals surface area contributed by atoms with E-state index in [0.717, 1.165) is 65.0 Å². The van der Waals surface area contributed by atoms with Gasteiger partial charge in [0, 0.05) is 6.92 Å². The molecule has 1 saturated heterocycles. The summed E-state index contributed by atoms with van der Waals surface area (Å²) in [6.07, 6.45) is 13.4. The van der Waals surface area contributed by atoms with Crippen LogP contribution < -0.4 is 5.32 Å². The molecule has 63 heavy (non-hydrogen) atoms. The Morgan fingerprint density at radius 3 is 1.95 bits per heavy atom. The lowest BCUT2D eigenvalue weighted by atomic mass is 9.44. The van der Waals surface area contributed by atoms with Gasteiger partial charge >= 0.3 is 0 Å². The van der Waals surface area contributed by atoms with Crippen molar-refractivity contribution in [1.29, 1.82) is 0 Å². The highest BCUT2D eigenvalue weighted by molar-refractivity contribution is 5.73. The van der Waals surface area contributed by atoms with Crippen molar-refractivity contribution in [2.75, 3.05) is 6.61 Å². The molecule has 1 N–H and O–H groups in total. The average molecular weight is 862 g/mol. The van der Waals surface area contributed by atoms with E-state index in [2.05, 4.69) is 76.3 Å². The minimum atomic E-state index is -0.726. The molecule has 0 bridgehead atoms. The molecule has 1 heterocycles. The SMILES string of the molecule is CC(=O)N[C@H]1C(O[C@H]2CC[C@@]3(C)C(CC[C@H]4[C@@H]5CC[C@H]([C@H](C)CCCC(C)C)[C@@]5(C)CC[C@@H]43)C2)O[C@H](COCc2ccccc2)[C@@H](OCc2ccccc2)[C@@H]1OCc1ccccc1. The van der Waals surface area contributed by atoms with Crippen molar-refractivity contribution < 1.29 is 28.5 Å². The van der Waals surface area contributed by atoms with Gasteiger partial charge in [-0.3, -0.25) is 4.79 Å². The molecular formula is C56H79NO6. The molecule has 5 aliphatic rings. The van der Waals surface area contributed by atoms with Gasteiger partial charge in [0.2, 0.25) is 5.91 Å². The van der Waals surface area contributed by atoms with Gasteiger partial charge in [-0.05, 0) is 127 Å². The molecule has 0 aromatic heterocycles. The maximum Gasteiger partial charge on any atom is 0.217 e. The minimum absolute atomic E-state index is 0.0275. The maximum atomic E-state index is 13.1. The zero-order valence-electron chi connectivity index (χ0n) is 39.4. The number of hydrogen-bond acceptors (Lipinski definition) is 6. The lowest BCUT2D eigenvalue weighted by Crippen LogP contribution is -2.66. The van der Waals surface area contributed by atoms with Crippen LogP contribution in [0, 0.1) is 52.3 Å². The Morgan fingerprint density at radius 2 is 1.32 bits per heavy atom. The van der Waals surface area contributed by atoms with Crippen molar-refractivity contribution >= 4 is 5.91 Å². The van der Waals surface area contributed by atoms with Crippen LogP contribution in [0.25, 0.3) is 0 Å². The number of hydrogen-bond donors (Lipinski definition) is 1. The number of carbonyl (C=O) groups is 1. The molecule has 4 saturated carbocycles. The summed E-state index contributed by atoms with van der Waals surface area (Å²) >= 11 is 0. The lowest BCUT2D eigenvalue weighted by Gasteiger charge is -2.61. The molecule has 8 rings (SSSR count). The van der Waals surface area contributed by atoms with E-state index in [-0.39, 0.29) is 18.6 Å². The summed E-state index contributed by atoms with van der Waals surface area (Å²) in [7, 11) is 0. The molecule has 14 atom stereocenters. The van der Waals surface area contributed by atoms with E-state index in [1.54, 1.807) is 6.92 Å². The van der Waals surface area contributed by atoms with Crippen LogP contribution in [-0.4, -0.2) is 49.3 Å². The van der Waals surface area contributed by atoms with Gasteiger partial charge in [0.1, 0.15) is 24.4 Å². The van der Waals surface area contributed by atoms with E-state index in [0.29, 0.717) is 36.6 Å². The first kappa shape index (κ1) is 46.5. The Balaban J connectivity index is 0.991. The minimum Gasteiger partial charge on any atom is -0.374 e. The Bertz CT molecular complexity index is 1860. The number of rotatable bonds is 18. The molecular weight excluding hydrogens is 783 g/mol. The van der Waals surface area contributed by atoms with Gasteiger partial charge < -0.3 is 29.0 Å². The normalized spacial score (nSPS) is 35.6. The number of carbonyl (C=O) groups excluding carboxylic acids is 1. The third-order valence-electron chi connectivity index (χ3n) is 17.1. The molecule has 1 amide bonds. The third-order valence-corrected chi connectivity index (χ3v) is 17.1. The number of ether oxygens (including phenoxy) is 5. The highest BCUT2D eigenvalue weighted by Gasteiger charge is 2.61. The van der Waals surface area contributed by atoms with Gasteiger partial charge in [0.25, 0.3) is 0 Å². The molecule has 1 aliphatic heterocycles. The van der Waals surface area contributed by atoms with Gasteiger partial charge in [-0.25, -0.2) is 0 Å². The Morgan fingerprint density at radius 1 is 0.714 bits per heavy atom. The zero-order chi connectivity index (χ0) is 44.0. The van der Waals surface area contributed by atoms with Gasteiger partial charge in [-0.15, -0.1) is 0 Å². The monoisotopic (exact) mass is 862 g/mol. The maximum absolute atomic E-state index is 13.1. The zero-order valence-corrected chi connectivity index (χ0v) is 39.4. The average Bonchev–Trinajstić information content (AvgIpc) is 3.64. The molecule has 5 fully saturated rings. The Labute approximate surface area is 380 Å². The van der Waals surface area contributed by atoms with Crippen LogP contribution in [0.4, 0.5) is 0 Å². The molecule has 0 radical (unpaired) electrons. The predicted molar refractivity (Wildman–Crippen MR) is 250 cm³/mol. The lowest BCUT2D eigenvalue weighted by molar-refractivity contribution is -0.305. The summed E-state index contributed by atoms with van der Waals surface area (Å²) < 4.78 is 34.4. The van der Waals surface area contributed by atoms with Gasteiger partial charge in [0.15, 0.2) is 6.29 Å². The smallest absolute Gasteiger partial charge is 0.217 e. The highest BCUT2D eigenvalue weighted by atomic mass is 16.7. The van der Waals surface area contributed by atoms with Crippen molar-refractivity contribution in [2.45, 2.75) is 175 Å². The summed E-state index contributed by atoms with van der Waals surface area (Å²) in [4.78, 5) is 13.1. The van der Waals surface area contributed by atoms with Crippen molar-refractivity contribution in [1.82, 2.24) is 5.32 Å². The van der Waals surface area contributed by atoms with Crippen LogP contribution in [0.1, 0.15) is 135 Å². The van der Waals surface area contributed by atoms with Crippen LogP contribution in [0.3, 0.4) is 0 Å². The largest absolute Gasteiger partial charge is 0.374 e. The number of fused-ring (bicyclic) bond motifs is 5. The van der Waals surface area contributed by atoms with Crippen molar-refractivity contribution in [3.05, 3.63) is 108 Å². The Kier molecular flexibility index (Phi) is 15.5. The summed E-state index contributed by atoms with van der Waals surface area (Å²) in [5, 5.41) is 3.26. The van der Waals surface area contributed by atoms with E-state index >= 15 is 0 Å². The second-order valence-electron chi connectivity index (χ2n) is 21.5. The summed E-state index contributed by atoms with van der Waals surface area (Å²) in [6, 6.07) is 30.1. The molecule has 4 aliphatic carbocycles. The van der Waals surface area contributed by atoms with Crippen molar-refractivity contribution in [2.24, 2.45) is 52.3 Å². The summed E-state index contributed by atoms with van der Waals surface area (Å²) in [5.74, 6) is 5.52. The second kappa shape index (κ2) is 21.0.